The van der Waals surface area contributed by atoms with Crippen molar-refractivity contribution in [2.24, 2.45) is 5.41 Å². The second-order valence-corrected chi connectivity index (χ2v) is 7.86. The van der Waals surface area contributed by atoms with Crippen molar-refractivity contribution in [3.05, 3.63) is 35.9 Å². The van der Waals surface area contributed by atoms with Crippen LogP contribution in [0.5, 0.6) is 0 Å². The SMILES string of the molecule is O=C(NCCN1CCCCC1)C1(CCO)CCN(Cc2ccccc2)C1. The van der Waals surface area contributed by atoms with Crippen LogP contribution in [0, 0.1) is 5.41 Å². The van der Waals surface area contributed by atoms with Crippen molar-refractivity contribution in [1.29, 1.82) is 0 Å². The quantitative estimate of drug-likeness (QED) is 0.744. The number of nitrogens with one attached hydrogen (secondary N) is 1. The van der Waals surface area contributed by atoms with Crippen LogP contribution in [-0.4, -0.2) is 66.7 Å². The van der Waals surface area contributed by atoms with Gasteiger partial charge in [0.05, 0.1) is 5.41 Å². The Bertz CT molecular complexity index is 560. The number of hydrogen-bond acceptors (Lipinski definition) is 4. The van der Waals surface area contributed by atoms with Gasteiger partial charge in [0.15, 0.2) is 0 Å². The molecular formula is C21H33N3O2. The van der Waals surface area contributed by atoms with Crippen molar-refractivity contribution in [3.63, 3.8) is 0 Å². The van der Waals surface area contributed by atoms with Gasteiger partial charge >= 0.3 is 0 Å². The predicted molar refractivity (Wildman–Crippen MR) is 104 cm³/mol. The summed E-state index contributed by atoms with van der Waals surface area (Å²) in [7, 11) is 0. The van der Waals surface area contributed by atoms with E-state index in [0.29, 0.717) is 13.0 Å². The first kappa shape index (κ1) is 19.3. The van der Waals surface area contributed by atoms with Crippen LogP contribution in [0.4, 0.5) is 0 Å². The molecule has 0 radical (unpaired) electrons. The minimum absolute atomic E-state index is 0.0682. The molecule has 2 heterocycles. The molecule has 0 bridgehead atoms. The number of carbonyl (C=O) groups is 1. The fraction of sp³-hybridized carbons (Fsp3) is 0.667. The number of piperidine rings is 1. The molecule has 5 heteroatoms. The van der Waals surface area contributed by atoms with Crippen molar-refractivity contribution in [2.75, 3.05) is 45.9 Å². The third-order valence-corrected chi connectivity index (χ3v) is 5.92. The third kappa shape index (κ3) is 5.06. The van der Waals surface area contributed by atoms with Gasteiger partial charge in [-0.3, -0.25) is 9.69 Å². The number of benzene rings is 1. The number of rotatable bonds is 8. The van der Waals surface area contributed by atoms with Crippen LogP contribution in [0.3, 0.4) is 0 Å². The van der Waals surface area contributed by atoms with Crippen molar-refractivity contribution >= 4 is 5.91 Å². The highest BCUT2D eigenvalue weighted by Gasteiger charge is 2.43. The Morgan fingerprint density at radius 3 is 2.58 bits per heavy atom. The number of amides is 1. The highest BCUT2D eigenvalue weighted by Crippen LogP contribution is 2.35. The van der Waals surface area contributed by atoms with Crippen LogP contribution >= 0.6 is 0 Å². The van der Waals surface area contributed by atoms with Crippen LogP contribution in [0.15, 0.2) is 30.3 Å². The van der Waals surface area contributed by atoms with E-state index >= 15 is 0 Å². The molecule has 2 saturated heterocycles. The minimum Gasteiger partial charge on any atom is -0.396 e. The summed E-state index contributed by atoms with van der Waals surface area (Å²) in [6, 6.07) is 10.4. The molecule has 1 atom stereocenters. The highest BCUT2D eigenvalue weighted by molar-refractivity contribution is 5.83. The Hall–Kier alpha value is -1.43. The van der Waals surface area contributed by atoms with Crippen LogP contribution in [-0.2, 0) is 11.3 Å². The summed E-state index contributed by atoms with van der Waals surface area (Å²) in [4.78, 5) is 17.7. The van der Waals surface area contributed by atoms with Gasteiger partial charge in [0.2, 0.25) is 5.91 Å². The molecule has 2 aliphatic rings. The number of likely N-dealkylation sites (tertiary alicyclic amines) is 2. The zero-order chi connectivity index (χ0) is 18.2. The number of aliphatic hydroxyl groups is 1. The molecule has 144 valence electrons. The number of hydrogen-bond donors (Lipinski definition) is 2. The maximum atomic E-state index is 12.9. The number of aliphatic hydroxyl groups excluding tert-OH is 1. The highest BCUT2D eigenvalue weighted by atomic mass is 16.3. The van der Waals surface area contributed by atoms with Gasteiger partial charge < -0.3 is 15.3 Å². The smallest absolute Gasteiger partial charge is 0.227 e. The van der Waals surface area contributed by atoms with Gasteiger partial charge in [-0.25, -0.2) is 0 Å². The Labute approximate surface area is 157 Å². The Morgan fingerprint density at radius 2 is 1.85 bits per heavy atom. The van der Waals surface area contributed by atoms with Crippen molar-refractivity contribution in [1.82, 2.24) is 15.1 Å². The largest absolute Gasteiger partial charge is 0.396 e. The van der Waals surface area contributed by atoms with E-state index in [1.54, 1.807) is 0 Å². The fourth-order valence-corrected chi connectivity index (χ4v) is 4.35. The van der Waals surface area contributed by atoms with Crippen LogP contribution in [0.25, 0.3) is 0 Å². The summed E-state index contributed by atoms with van der Waals surface area (Å²) in [5, 5.41) is 12.7. The molecule has 3 rings (SSSR count). The molecule has 2 fully saturated rings. The molecule has 1 aromatic carbocycles. The lowest BCUT2D eigenvalue weighted by molar-refractivity contribution is -0.131. The molecule has 0 aromatic heterocycles. The van der Waals surface area contributed by atoms with E-state index in [0.717, 1.165) is 45.7 Å². The van der Waals surface area contributed by atoms with Crippen molar-refractivity contribution in [3.8, 4) is 0 Å². The van der Waals surface area contributed by atoms with E-state index in [4.69, 9.17) is 0 Å². The molecule has 0 saturated carbocycles. The lowest BCUT2D eigenvalue weighted by Crippen LogP contribution is -2.46. The van der Waals surface area contributed by atoms with Gasteiger partial charge in [0, 0.05) is 32.8 Å². The van der Waals surface area contributed by atoms with Crippen LogP contribution < -0.4 is 5.32 Å². The van der Waals surface area contributed by atoms with Gasteiger partial charge in [0.1, 0.15) is 0 Å². The topological polar surface area (TPSA) is 55.8 Å². The minimum atomic E-state index is -0.439. The first-order chi connectivity index (χ1) is 12.7. The van der Waals surface area contributed by atoms with Gasteiger partial charge in [-0.15, -0.1) is 0 Å². The van der Waals surface area contributed by atoms with Gasteiger partial charge in [0.25, 0.3) is 0 Å². The molecule has 1 amide bonds. The predicted octanol–water partition coefficient (Wildman–Crippen LogP) is 1.86. The zero-order valence-corrected chi connectivity index (χ0v) is 15.8. The Morgan fingerprint density at radius 1 is 1.08 bits per heavy atom. The zero-order valence-electron chi connectivity index (χ0n) is 15.8. The number of nitrogens with zero attached hydrogens (tertiary/aromatic N) is 2. The van der Waals surface area contributed by atoms with E-state index in [1.165, 1.54) is 24.8 Å². The van der Waals surface area contributed by atoms with E-state index in [2.05, 4.69) is 39.4 Å². The normalized spacial score (nSPS) is 24.7. The maximum absolute atomic E-state index is 12.9. The molecule has 2 N–H and O–H groups in total. The van der Waals surface area contributed by atoms with Crippen LogP contribution in [0.2, 0.25) is 0 Å². The average Bonchev–Trinajstić information content (AvgIpc) is 3.07. The van der Waals surface area contributed by atoms with E-state index in [9.17, 15) is 9.90 Å². The molecule has 1 aromatic rings. The van der Waals surface area contributed by atoms with Crippen molar-refractivity contribution in [2.45, 2.75) is 38.6 Å². The van der Waals surface area contributed by atoms with Gasteiger partial charge in [-0.2, -0.15) is 0 Å². The molecular weight excluding hydrogens is 326 g/mol. The maximum Gasteiger partial charge on any atom is 0.227 e. The first-order valence-electron chi connectivity index (χ1n) is 10.1. The summed E-state index contributed by atoms with van der Waals surface area (Å²) in [6.45, 7) is 6.55. The van der Waals surface area contributed by atoms with E-state index < -0.39 is 5.41 Å². The summed E-state index contributed by atoms with van der Waals surface area (Å²) in [6.07, 6.45) is 5.26. The Kier molecular flexibility index (Phi) is 7.06. The standard InChI is InChI=1S/C21H33N3O2/c25-16-10-21(20(26)22-11-15-23-12-5-2-6-13-23)9-14-24(18-21)17-19-7-3-1-4-8-19/h1,3-4,7-8,25H,2,5-6,9-18H2,(H,22,26). The summed E-state index contributed by atoms with van der Waals surface area (Å²) in [5.74, 6) is 0.124. The van der Waals surface area contributed by atoms with Crippen molar-refractivity contribution < 1.29 is 9.90 Å². The van der Waals surface area contributed by atoms with Crippen LogP contribution in [0.1, 0.15) is 37.7 Å². The summed E-state index contributed by atoms with van der Waals surface area (Å²) in [5.41, 5.74) is 0.837. The lowest BCUT2D eigenvalue weighted by Gasteiger charge is -2.30. The number of carbonyl (C=O) groups excluding carboxylic acids is 1. The first-order valence-corrected chi connectivity index (χ1v) is 10.1. The van der Waals surface area contributed by atoms with E-state index in [1.807, 2.05) is 6.07 Å². The lowest BCUT2D eigenvalue weighted by atomic mass is 9.82. The molecule has 1 unspecified atom stereocenters. The second kappa shape index (κ2) is 9.49. The Balaban J connectivity index is 1.51. The molecule has 26 heavy (non-hydrogen) atoms. The van der Waals surface area contributed by atoms with Gasteiger partial charge in [-0.05, 0) is 50.9 Å². The van der Waals surface area contributed by atoms with Gasteiger partial charge in [-0.1, -0.05) is 36.8 Å². The molecule has 2 aliphatic heterocycles. The average molecular weight is 360 g/mol. The molecule has 5 nitrogen and oxygen atoms in total. The van der Waals surface area contributed by atoms with E-state index in [-0.39, 0.29) is 12.5 Å². The molecule has 0 spiro atoms. The summed E-state index contributed by atoms with van der Waals surface area (Å²) >= 11 is 0. The summed E-state index contributed by atoms with van der Waals surface area (Å²) < 4.78 is 0. The molecule has 0 aliphatic carbocycles. The fourth-order valence-electron chi connectivity index (χ4n) is 4.35. The second-order valence-electron chi connectivity index (χ2n) is 7.86. The third-order valence-electron chi connectivity index (χ3n) is 5.92. The monoisotopic (exact) mass is 359 g/mol.